The Morgan fingerprint density at radius 3 is 2.42 bits per heavy atom. The van der Waals surface area contributed by atoms with Crippen LogP contribution in [-0.2, 0) is 4.79 Å². The van der Waals surface area contributed by atoms with Crippen molar-refractivity contribution in [2.45, 2.75) is 52.4 Å². The molecule has 1 fully saturated rings. The van der Waals surface area contributed by atoms with E-state index in [4.69, 9.17) is 5.73 Å². The lowest BCUT2D eigenvalue weighted by molar-refractivity contribution is -0.125. The highest BCUT2D eigenvalue weighted by Gasteiger charge is 2.37. The molecule has 0 unspecified atom stereocenters. The molecule has 1 heterocycles. The van der Waals surface area contributed by atoms with Gasteiger partial charge in [0.1, 0.15) is 0 Å². The first-order valence-electron chi connectivity index (χ1n) is 7.12. The fourth-order valence-electron chi connectivity index (χ4n) is 2.78. The average molecular weight is 264 g/mol. The lowest BCUT2D eigenvalue weighted by atomic mass is 9.79. The SMILES string of the molecule is Cc1[nH]nc(NC(=O)C2(CN)CCCCCC2)c1C. The van der Waals surface area contributed by atoms with E-state index in [1.807, 2.05) is 13.8 Å². The Bertz CT molecular complexity index is 444. The first kappa shape index (κ1) is 14.1. The van der Waals surface area contributed by atoms with Gasteiger partial charge >= 0.3 is 0 Å². The molecule has 0 bridgehead atoms. The van der Waals surface area contributed by atoms with E-state index in [1.165, 1.54) is 12.8 Å². The van der Waals surface area contributed by atoms with Crippen molar-refractivity contribution in [3.05, 3.63) is 11.3 Å². The highest BCUT2D eigenvalue weighted by Crippen LogP contribution is 2.35. The number of aromatic amines is 1. The highest BCUT2D eigenvalue weighted by molar-refractivity contribution is 5.95. The minimum absolute atomic E-state index is 0.0338. The molecule has 1 saturated carbocycles. The van der Waals surface area contributed by atoms with Crippen molar-refractivity contribution < 1.29 is 4.79 Å². The lowest BCUT2D eigenvalue weighted by Crippen LogP contribution is -2.42. The Morgan fingerprint density at radius 2 is 1.95 bits per heavy atom. The maximum atomic E-state index is 12.6. The number of H-pyrrole nitrogens is 1. The van der Waals surface area contributed by atoms with Crippen LogP contribution in [0.15, 0.2) is 0 Å². The van der Waals surface area contributed by atoms with E-state index in [-0.39, 0.29) is 5.91 Å². The Kier molecular flexibility index (Phi) is 4.24. The van der Waals surface area contributed by atoms with E-state index < -0.39 is 5.41 Å². The van der Waals surface area contributed by atoms with Crippen LogP contribution in [0.3, 0.4) is 0 Å². The van der Waals surface area contributed by atoms with Crippen molar-refractivity contribution in [1.29, 1.82) is 0 Å². The molecule has 0 saturated heterocycles. The molecule has 1 aliphatic rings. The van der Waals surface area contributed by atoms with Gasteiger partial charge in [0.15, 0.2) is 5.82 Å². The van der Waals surface area contributed by atoms with E-state index in [0.717, 1.165) is 36.9 Å². The minimum Gasteiger partial charge on any atom is -0.329 e. The first-order valence-corrected chi connectivity index (χ1v) is 7.12. The second-order valence-electron chi connectivity index (χ2n) is 5.68. The van der Waals surface area contributed by atoms with Crippen LogP contribution in [0.1, 0.15) is 49.8 Å². The molecule has 0 spiro atoms. The third-order valence-corrected chi connectivity index (χ3v) is 4.42. The van der Waals surface area contributed by atoms with E-state index >= 15 is 0 Å². The van der Waals surface area contributed by atoms with Gasteiger partial charge in [0.2, 0.25) is 5.91 Å². The average Bonchev–Trinajstić information content (AvgIpc) is 2.64. The third-order valence-electron chi connectivity index (χ3n) is 4.42. The number of aromatic nitrogens is 2. The summed E-state index contributed by atoms with van der Waals surface area (Å²) in [5.41, 5.74) is 7.49. The van der Waals surface area contributed by atoms with Gasteiger partial charge in [-0.2, -0.15) is 5.10 Å². The summed E-state index contributed by atoms with van der Waals surface area (Å²) in [6.07, 6.45) is 6.35. The molecule has 106 valence electrons. The number of nitrogens with one attached hydrogen (secondary N) is 2. The number of carbonyl (C=O) groups excluding carboxylic acids is 1. The molecule has 5 heteroatoms. The van der Waals surface area contributed by atoms with Crippen molar-refractivity contribution in [2.75, 3.05) is 11.9 Å². The van der Waals surface area contributed by atoms with Gasteiger partial charge in [-0.25, -0.2) is 0 Å². The molecular weight excluding hydrogens is 240 g/mol. The van der Waals surface area contributed by atoms with Crippen LogP contribution in [0, 0.1) is 19.3 Å². The number of anilines is 1. The molecule has 1 amide bonds. The van der Waals surface area contributed by atoms with Gasteiger partial charge in [0, 0.05) is 17.8 Å². The molecule has 4 N–H and O–H groups in total. The zero-order valence-corrected chi connectivity index (χ0v) is 11.9. The molecule has 1 aromatic rings. The molecule has 0 aliphatic heterocycles. The Labute approximate surface area is 114 Å². The van der Waals surface area contributed by atoms with Gasteiger partial charge in [-0.15, -0.1) is 0 Å². The zero-order valence-electron chi connectivity index (χ0n) is 11.9. The quantitative estimate of drug-likeness (QED) is 0.732. The highest BCUT2D eigenvalue weighted by atomic mass is 16.2. The summed E-state index contributed by atoms with van der Waals surface area (Å²) in [7, 11) is 0. The smallest absolute Gasteiger partial charge is 0.233 e. The number of hydrogen-bond acceptors (Lipinski definition) is 3. The normalized spacial score (nSPS) is 18.9. The van der Waals surface area contributed by atoms with Crippen molar-refractivity contribution in [3.8, 4) is 0 Å². The predicted octanol–water partition coefficient (Wildman–Crippen LogP) is 2.26. The summed E-state index contributed by atoms with van der Waals surface area (Å²) in [5.74, 6) is 0.672. The summed E-state index contributed by atoms with van der Waals surface area (Å²) in [4.78, 5) is 12.6. The largest absolute Gasteiger partial charge is 0.329 e. The number of carbonyl (C=O) groups is 1. The second kappa shape index (κ2) is 5.74. The second-order valence-corrected chi connectivity index (χ2v) is 5.68. The summed E-state index contributed by atoms with van der Waals surface area (Å²) >= 11 is 0. The van der Waals surface area contributed by atoms with E-state index in [2.05, 4.69) is 15.5 Å². The number of aryl methyl sites for hydroxylation is 1. The molecule has 5 nitrogen and oxygen atoms in total. The summed E-state index contributed by atoms with van der Waals surface area (Å²) < 4.78 is 0. The zero-order chi connectivity index (χ0) is 13.9. The van der Waals surface area contributed by atoms with Gasteiger partial charge in [-0.3, -0.25) is 9.89 Å². The van der Waals surface area contributed by atoms with Gasteiger partial charge in [0.05, 0.1) is 5.41 Å². The number of hydrogen-bond donors (Lipinski definition) is 3. The fourth-order valence-corrected chi connectivity index (χ4v) is 2.78. The fraction of sp³-hybridized carbons (Fsp3) is 0.714. The maximum absolute atomic E-state index is 12.6. The molecule has 0 atom stereocenters. The van der Waals surface area contributed by atoms with Crippen LogP contribution < -0.4 is 11.1 Å². The maximum Gasteiger partial charge on any atom is 0.233 e. The van der Waals surface area contributed by atoms with Crippen molar-refractivity contribution >= 4 is 11.7 Å². The van der Waals surface area contributed by atoms with Crippen LogP contribution in [0.5, 0.6) is 0 Å². The van der Waals surface area contributed by atoms with Crippen LogP contribution >= 0.6 is 0 Å². The molecule has 19 heavy (non-hydrogen) atoms. The number of rotatable bonds is 3. The number of nitrogens with zero attached hydrogens (tertiary/aromatic N) is 1. The van der Waals surface area contributed by atoms with Crippen molar-refractivity contribution in [1.82, 2.24) is 10.2 Å². The van der Waals surface area contributed by atoms with E-state index in [1.54, 1.807) is 0 Å². The summed E-state index contributed by atoms with van der Waals surface area (Å²) in [5, 5.41) is 9.99. The van der Waals surface area contributed by atoms with Crippen molar-refractivity contribution in [3.63, 3.8) is 0 Å². The summed E-state index contributed by atoms with van der Waals surface area (Å²) in [6.45, 7) is 4.32. The van der Waals surface area contributed by atoms with Crippen molar-refractivity contribution in [2.24, 2.45) is 11.1 Å². The molecule has 0 aromatic carbocycles. The van der Waals surface area contributed by atoms with Gasteiger partial charge < -0.3 is 11.1 Å². The van der Waals surface area contributed by atoms with Gasteiger partial charge in [0.25, 0.3) is 0 Å². The Balaban J connectivity index is 2.14. The topological polar surface area (TPSA) is 83.8 Å². The standard InChI is InChI=1S/C14H24N4O/c1-10-11(2)17-18-12(10)16-13(19)14(9-15)7-5-3-4-6-8-14/h3-9,15H2,1-2H3,(H2,16,17,18,19). The molecular formula is C14H24N4O. The van der Waals surface area contributed by atoms with E-state index in [0.29, 0.717) is 12.4 Å². The van der Waals surface area contributed by atoms with Crippen LogP contribution in [0.25, 0.3) is 0 Å². The van der Waals surface area contributed by atoms with Crippen LogP contribution in [0.2, 0.25) is 0 Å². The summed E-state index contributed by atoms with van der Waals surface area (Å²) in [6, 6.07) is 0. The number of amides is 1. The lowest BCUT2D eigenvalue weighted by Gasteiger charge is -2.29. The minimum atomic E-state index is -0.407. The molecule has 1 aromatic heterocycles. The van der Waals surface area contributed by atoms with E-state index in [9.17, 15) is 4.79 Å². The van der Waals surface area contributed by atoms with Gasteiger partial charge in [-0.1, -0.05) is 25.7 Å². The van der Waals surface area contributed by atoms with Crippen LogP contribution in [0.4, 0.5) is 5.82 Å². The number of nitrogens with two attached hydrogens (primary N) is 1. The molecule has 2 rings (SSSR count). The van der Waals surface area contributed by atoms with Crippen LogP contribution in [-0.4, -0.2) is 22.6 Å². The first-order chi connectivity index (χ1) is 9.09. The predicted molar refractivity (Wildman–Crippen MR) is 75.9 cm³/mol. The third kappa shape index (κ3) is 2.81. The molecule has 0 radical (unpaired) electrons. The van der Waals surface area contributed by atoms with Gasteiger partial charge in [-0.05, 0) is 26.7 Å². The Hall–Kier alpha value is -1.36. The molecule has 1 aliphatic carbocycles. The monoisotopic (exact) mass is 264 g/mol. The Morgan fingerprint density at radius 1 is 1.32 bits per heavy atom.